The molecule has 0 saturated heterocycles. The summed E-state index contributed by atoms with van der Waals surface area (Å²) in [5, 5.41) is 1.29. The molecule has 0 bridgehead atoms. The van der Waals surface area contributed by atoms with Gasteiger partial charge >= 0.3 is 0 Å². The summed E-state index contributed by atoms with van der Waals surface area (Å²) < 4.78 is 0. The summed E-state index contributed by atoms with van der Waals surface area (Å²) in [6.07, 6.45) is 11.4. The van der Waals surface area contributed by atoms with E-state index in [0.29, 0.717) is 0 Å². The first kappa shape index (κ1) is 13.8. The van der Waals surface area contributed by atoms with Gasteiger partial charge in [0.05, 0.1) is 5.04 Å². The second-order valence-electron chi connectivity index (χ2n) is 2.94. The van der Waals surface area contributed by atoms with Crippen molar-refractivity contribution in [3.8, 4) is 0 Å². The predicted molar refractivity (Wildman–Crippen MR) is 74.6 cm³/mol. The molecule has 14 heavy (non-hydrogen) atoms. The Hall–Kier alpha value is -0.150. The number of nitrogens with zero attached hydrogens (tertiary/aromatic N) is 1. The minimum atomic E-state index is -0.746. The Bertz CT molecular complexity index is 227. The van der Waals surface area contributed by atoms with Gasteiger partial charge in [-0.1, -0.05) is 25.7 Å². The molecule has 1 atom stereocenters. The second kappa shape index (κ2) is 7.18. The standard InChI is InChI=1S/C11H21NS2/c1-6-9-10-11(12-7-2)14(5,8-3)13-4/h6-7,9H,2,8,10H2,1,3-5H3/b9-6-,12-11?. The van der Waals surface area contributed by atoms with Gasteiger partial charge in [-0.15, -0.1) is 10.8 Å². The lowest BCUT2D eigenvalue weighted by Crippen LogP contribution is -2.09. The van der Waals surface area contributed by atoms with Gasteiger partial charge in [0.2, 0.25) is 0 Å². The van der Waals surface area contributed by atoms with Crippen LogP contribution in [0.25, 0.3) is 0 Å². The first-order chi connectivity index (χ1) is 6.64. The highest BCUT2D eigenvalue weighted by molar-refractivity contribution is 8.99. The minimum Gasteiger partial charge on any atom is -0.256 e. The molecule has 0 aliphatic heterocycles. The van der Waals surface area contributed by atoms with E-state index in [2.05, 4.69) is 43.2 Å². The molecule has 1 nitrogen and oxygen atoms in total. The first-order valence-corrected chi connectivity index (χ1v) is 8.70. The Morgan fingerprint density at radius 1 is 1.57 bits per heavy atom. The molecule has 0 rings (SSSR count). The highest BCUT2D eigenvalue weighted by Gasteiger charge is 2.20. The van der Waals surface area contributed by atoms with Gasteiger partial charge in [0, 0.05) is 12.6 Å². The summed E-state index contributed by atoms with van der Waals surface area (Å²) in [5.41, 5.74) is 0. The van der Waals surface area contributed by atoms with Gasteiger partial charge in [0.15, 0.2) is 0 Å². The largest absolute Gasteiger partial charge is 0.256 e. The molecule has 1 unspecified atom stereocenters. The number of rotatable bonds is 5. The van der Waals surface area contributed by atoms with Crippen LogP contribution in [0.2, 0.25) is 0 Å². The van der Waals surface area contributed by atoms with Crippen molar-refractivity contribution < 1.29 is 0 Å². The molecule has 0 spiro atoms. The first-order valence-electron chi connectivity index (χ1n) is 4.75. The van der Waals surface area contributed by atoms with E-state index < -0.39 is 9.06 Å². The van der Waals surface area contributed by atoms with Crippen LogP contribution in [0.4, 0.5) is 0 Å². The van der Waals surface area contributed by atoms with Gasteiger partial charge in [-0.2, -0.15) is 9.06 Å². The fraction of sp³-hybridized carbons (Fsp3) is 0.545. The van der Waals surface area contributed by atoms with Crippen LogP contribution >= 0.6 is 19.9 Å². The fourth-order valence-corrected chi connectivity index (χ4v) is 4.17. The molecular formula is C11H21NS2. The van der Waals surface area contributed by atoms with Crippen LogP contribution in [0.3, 0.4) is 0 Å². The SMILES string of the molecule is C=CN=C(C/C=C\C)S(C)(CC)SC. The van der Waals surface area contributed by atoms with E-state index in [1.807, 2.05) is 17.7 Å². The highest BCUT2D eigenvalue weighted by Crippen LogP contribution is 2.57. The Labute approximate surface area is 93.5 Å². The number of hydrogen-bond donors (Lipinski definition) is 0. The average molecular weight is 231 g/mol. The molecule has 82 valence electrons. The maximum absolute atomic E-state index is 4.42. The summed E-state index contributed by atoms with van der Waals surface area (Å²) in [6, 6.07) is 0. The van der Waals surface area contributed by atoms with Crippen molar-refractivity contribution in [1.29, 1.82) is 0 Å². The van der Waals surface area contributed by atoms with E-state index in [9.17, 15) is 0 Å². The molecule has 0 saturated carbocycles. The van der Waals surface area contributed by atoms with Crippen molar-refractivity contribution in [2.45, 2.75) is 20.3 Å². The zero-order chi connectivity index (χ0) is 11.0. The summed E-state index contributed by atoms with van der Waals surface area (Å²) in [5.74, 6) is 1.18. The quantitative estimate of drug-likeness (QED) is 0.298. The zero-order valence-electron chi connectivity index (χ0n) is 9.62. The van der Waals surface area contributed by atoms with Gasteiger partial charge in [0.25, 0.3) is 0 Å². The van der Waals surface area contributed by atoms with Crippen molar-refractivity contribution in [1.82, 2.24) is 0 Å². The maximum atomic E-state index is 4.42. The van der Waals surface area contributed by atoms with Gasteiger partial charge < -0.3 is 0 Å². The lowest BCUT2D eigenvalue weighted by Gasteiger charge is -2.33. The van der Waals surface area contributed by atoms with Crippen LogP contribution in [0.1, 0.15) is 20.3 Å². The maximum Gasteiger partial charge on any atom is 0.0684 e. The van der Waals surface area contributed by atoms with E-state index >= 15 is 0 Å². The van der Waals surface area contributed by atoms with E-state index in [-0.39, 0.29) is 0 Å². The van der Waals surface area contributed by atoms with E-state index in [1.54, 1.807) is 6.20 Å². The summed E-state index contributed by atoms with van der Waals surface area (Å²) in [4.78, 5) is 4.42. The lowest BCUT2D eigenvalue weighted by molar-refractivity contribution is 1.43. The number of allylic oxidation sites excluding steroid dienone is 2. The Kier molecular flexibility index (Phi) is 7.11. The van der Waals surface area contributed by atoms with Gasteiger partial charge in [0.1, 0.15) is 0 Å². The Morgan fingerprint density at radius 2 is 2.21 bits per heavy atom. The van der Waals surface area contributed by atoms with Crippen molar-refractivity contribution in [2.75, 3.05) is 18.3 Å². The van der Waals surface area contributed by atoms with Crippen molar-refractivity contribution in [3.63, 3.8) is 0 Å². The van der Waals surface area contributed by atoms with Gasteiger partial charge in [-0.3, -0.25) is 4.99 Å². The minimum absolute atomic E-state index is 0.746. The van der Waals surface area contributed by atoms with Crippen molar-refractivity contribution in [3.05, 3.63) is 24.9 Å². The average Bonchev–Trinajstić information content (AvgIpc) is 2.23. The molecule has 3 heteroatoms. The molecule has 0 aromatic heterocycles. The van der Waals surface area contributed by atoms with E-state index in [0.717, 1.165) is 6.42 Å². The third-order valence-corrected chi connectivity index (χ3v) is 8.78. The molecule has 0 heterocycles. The van der Waals surface area contributed by atoms with Crippen LogP contribution in [0.5, 0.6) is 0 Å². The summed E-state index contributed by atoms with van der Waals surface area (Å²) >= 11 is 0. The molecule has 0 aromatic rings. The monoisotopic (exact) mass is 231 g/mol. The molecule has 0 fully saturated rings. The molecule has 0 amide bonds. The van der Waals surface area contributed by atoms with Gasteiger partial charge in [-0.25, -0.2) is 0 Å². The van der Waals surface area contributed by atoms with E-state index in [1.165, 1.54) is 10.8 Å². The van der Waals surface area contributed by atoms with Crippen LogP contribution in [-0.2, 0) is 0 Å². The number of hydrogen-bond acceptors (Lipinski definition) is 2. The van der Waals surface area contributed by atoms with E-state index in [4.69, 9.17) is 0 Å². The van der Waals surface area contributed by atoms with Crippen molar-refractivity contribution >= 4 is 24.9 Å². The fourth-order valence-electron chi connectivity index (χ4n) is 1.04. The van der Waals surface area contributed by atoms with Gasteiger partial charge in [-0.05, 0) is 25.2 Å². The van der Waals surface area contributed by atoms with Crippen molar-refractivity contribution in [2.24, 2.45) is 4.99 Å². The highest BCUT2D eigenvalue weighted by atomic mass is 33.2. The topological polar surface area (TPSA) is 12.4 Å². The smallest absolute Gasteiger partial charge is 0.0684 e. The Morgan fingerprint density at radius 3 is 2.57 bits per heavy atom. The lowest BCUT2D eigenvalue weighted by atomic mass is 10.4. The molecule has 0 aliphatic carbocycles. The van der Waals surface area contributed by atoms with Crippen LogP contribution < -0.4 is 0 Å². The molecular weight excluding hydrogens is 210 g/mol. The normalized spacial score (nSPS) is 19.3. The molecule has 0 aromatic carbocycles. The summed E-state index contributed by atoms with van der Waals surface area (Å²) in [7, 11) is 1.20. The van der Waals surface area contributed by atoms with Crippen LogP contribution in [0.15, 0.2) is 29.9 Å². The molecule has 0 N–H and O–H groups in total. The second-order valence-corrected chi connectivity index (χ2v) is 9.54. The third-order valence-electron chi connectivity index (χ3n) is 2.18. The zero-order valence-corrected chi connectivity index (χ0v) is 11.3. The number of aliphatic imine (C=N–C) groups is 1. The summed E-state index contributed by atoms with van der Waals surface area (Å²) in [6.45, 7) is 7.96. The predicted octanol–water partition coefficient (Wildman–Crippen LogP) is 4.23. The third kappa shape index (κ3) is 3.93. The molecule has 0 radical (unpaired) electrons. The molecule has 0 aliphatic rings. The van der Waals surface area contributed by atoms with Crippen LogP contribution in [-0.4, -0.2) is 23.3 Å². The van der Waals surface area contributed by atoms with Crippen LogP contribution in [0, 0.1) is 0 Å². The Balaban J connectivity index is 4.78.